The van der Waals surface area contributed by atoms with Crippen molar-refractivity contribution in [2.75, 3.05) is 7.11 Å². The number of nitrogens with zero attached hydrogens (tertiary/aromatic N) is 3. The first-order valence-electron chi connectivity index (χ1n) is 10.2. The van der Waals surface area contributed by atoms with Crippen LogP contribution < -0.4 is 20.1 Å². The fourth-order valence-corrected chi connectivity index (χ4v) is 4.54. The number of hydrogen-bond acceptors (Lipinski definition) is 5. The monoisotopic (exact) mass is 439 g/mol. The van der Waals surface area contributed by atoms with Crippen LogP contribution in [0.3, 0.4) is 0 Å². The fraction of sp³-hybridized carbons (Fsp3) is 0.0769. The molecule has 0 fully saturated rings. The maximum atomic E-state index is 11.1. The molecule has 0 radical (unpaired) electrons. The van der Waals surface area contributed by atoms with Crippen LogP contribution in [0, 0.1) is 0 Å². The highest BCUT2D eigenvalue weighted by molar-refractivity contribution is 7.10. The average molecular weight is 440 g/mol. The molecule has 0 bridgehead atoms. The maximum absolute atomic E-state index is 11.1. The van der Waals surface area contributed by atoms with Crippen LogP contribution in [0.1, 0.15) is 16.0 Å². The van der Waals surface area contributed by atoms with Crippen LogP contribution in [-0.2, 0) is 6.54 Å². The molecule has 0 unspecified atom stereocenters. The molecule has 0 aliphatic carbocycles. The van der Waals surface area contributed by atoms with Gasteiger partial charge >= 0.3 is 0 Å². The largest absolute Gasteiger partial charge is 0.497 e. The van der Waals surface area contributed by atoms with E-state index < -0.39 is 0 Å². The lowest BCUT2D eigenvalue weighted by Gasteiger charge is -2.05. The van der Waals surface area contributed by atoms with Crippen molar-refractivity contribution in [3.05, 3.63) is 110 Å². The minimum atomic E-state index is 0.176. The van der Waals surface area contributed by atoms with E-state index in [-0.39, 0.29) is 5.88 Å². The molecule has 5 nitrogen and oxygen atoms in total. The Morgan fingerprint density at radius 1 is 1.06 bits per heavy atom. The summed E-state index contributed by atoms with van der Waals surface area (Å²) in [5.74, 6) is 0.992. The van der Waals surface area contributed by atoms with Gasteiger partial charge in [0, 0.05) is 11.8 Å². The van der Waals surface area contributed by atoms with Crippen molar-refractivity contribution < 1.29 is 9.84 Å². The summed E-state index contributed by atoms with van der Waals surface area (Å²) in [6.07, 6.45) is 5.77. The Morgan fingerprint density at radius 3 is 2.66 bits per heavy atom. The summed E-state index contributed by atoms with van der Waals surface area (Å²) in [5, 5.41) is 13.1. The van der Waals surface area contributed by atoms with Crippen molar-refractivity contribution in [2.45, 2.75) is 6.54 Å². The predicted octanol–water partition coefficient (Wildman–Crippen LogP) is 3.79. The molecule has 32 heavy (non-hydrogen) atoms. The average Bonchev–Trinajstić information content (AvgIpc) is 3.42. The van der Waals surface area contributed by atoms with E-state index in [1.54, 1.807) is 17.9 Å². The molecule has 0 amide bonds. The second-order valence-corrected chi connectivity index (χ2v) is 8.32. The molecule has 6 heteroatoms. The molecule has 1 aromatic heterocycles. The van der Waals surface area contributed by atoms with Gasteiger partial charge in [0.05, 0.1) is 29.6 Å². The number of thiazole rings is 1. The van der Waals surface area contributed by atoms with Gasteiger partial charge in [-0.25, -0.2) is 0 Å². The molecule has 0 saturated heterocycles. The van der Waals surface area contributed by atoms with E-state index >= 15 is 0 Å². The number of para-hydroxylation sites is 1. The molecule has 2 heterocycles. The van der Waals surface area contributed by atoms with Gasteiger partial charge in [-0.1, -0.05) is 47.7 Å². The van der Waals surface area contributed by atoms with Crippen LogP contribution in [0.25, 0.3) is 17.8 Å². The number of rotatable bonds is 5. The second kappa shape index (κ2) is 8.69. The van der Waals surface area contributed by atoms with Gasteiger partial charge in [0.2, 0.25) is 5.88 Å². The summed E-state index contributed by atoms with van der Waals surface area (Å²) >= 11 is 1.46. The van der Waals surface area contributed by atoms with Gasteiger partial charge in [-0.05, 0) is 59.3 Å². The van der Waals surface area contributed by atoms with E-state index in [4.69, 9.17) is 9.73 Å². The highest BCUT2D eigenvalue weighted by Gasteiger charge is 2.13. The van der Waals surface area contributed by atoms with Gasteiger partial charge in [0.1, 0.15) is 5.75 Å². The predicted molar refractivity (Wildman–Crippen MR) is 127 cm³/mol. The molecular weight excluding hydrogens is 418 g/mol. The summed E-state index contributed by atoms with van der Waals surface area (Å²) < 4.78 is 7.03. The standard InChI is InChI=1S/C26H21N3O2S/c1-31-22-10-7-18(8-11-22)17-28-26-29(21-5-3-2-4-6-21)25(30)24(32-26)16-19-9-12-23-20(15-19)13-14-27-23/h2-16,30H,17H2,1H3/b19-16+,28-26?. The fourth-order valence-electron chi connectivity index (χ4n) is 3.55. The van der Waals surface area contributed by atoms with Gasteiger partial charge in [-0.2, -0.15) is 0 Å². The van der Waals surface area contributed by atoms with Crippen LogP contribution in [0.5, 0.6) is 11.6 Å². The van der Waals surface area contributed by atoms with Gasteiger partial charge in [-0.15, -0.1) is 0 Å². The molecule has 5 rings (SSSR count). The number of fused-ring (bicyclic) bond motifs is 1. The Labute approximate surface area is 189 Å². The third-order valence-electron chi connectivity index (χ3n) is 5.21. The lowest BCUT2D eigenvalue weighted by atomic mass is 10.2. The molecular formula is C26H21N3O2S. The van der Waals surface area contributed by atoms with Crippen LogP contribution in [0.2, 0.25) is 0 Å². The van der Waals surface area contributed by atoms with Crippen molar-refractivity contribution >= 4 is 23.5 Å². The number of ether oxygens (including phenoxy) is 1. The number of aromatic hydroxyl groups is 1. The van der Waals surface area contributed by atoms with Gasteiger partial charge < -0.3 is 9.84 Å². The Hall–Kier alpha value is -3.90. The molecule has 0 spiro atoms. The first kappa shape index (κ1) is 20.0. The second-order valence-electron chi connectivity index (χ2n) is 7.32. The minimum absolute atomic E-state index is 0.176. The quantitative estimate of drug-likeness (QED) is 0.514. The van der Waals surface area contributed by atoms with E-state index in [1.165, 1.54) is 11.3 Å². The molecule has 4 aromatic rings. The van der Waals surface area contributed by atoms with E-state index in [0.717, 1.165) is 42.8 Å². The van der Waals surface area contributed by atoms with Crippen LogP contribution >= 0.6 is 11.3 Å². The zero-order valence-corrected chi connectivity index (χ0v) is 18.3. The molecule has 158 valence electrons. The summed E-state index contributed by atoms with van der Waals surface area (Å²) in [6.45, 7) is 0.501. The Bertz CT molecular complexity index is 1480. The molecule has 3 aromatic carbocycles. The number of benzene rings is 3. The maximum Gasteiger partial charge on any atom is 0.215 e. The zero-order chi connectivity index (χ0) is 21.9. The lowest BCUT2D eigenvalue weighted by Crippen LogP contribution is -2.12. The minimum Gasteiger partial charge on any atom is -0.497 e. The molecule has 1 N–H and O–H groups in total. The number of hydrogen-bond donors (Lipinski definition) is 1. The van der Waals surface area contributed by atoms with Crippen molar-refractivity contribution in [3.63, 3.8) is 0 Å². The summed E-state index contributed by atoms with van der Waals surface area (Å²) in [4.78, 5) is 10.6. The topological polar surface area (TPSA) is 59.1 Å². The molecule has 0 atom stereocenters. The highest BCUT2D eigenvalue weighted by atomic mass is 32.1. The zero-order valence-electron chi connectivity index (χ0n) is 17.5. The molecule has 1 aliphatic rings. The summed E-state index contributed by atoms with van der Waals surface area (Å²) in [6, 6.07) is 23.7. The van der Waals surface area contributed by atoms with Crippen LogP contribution in [0.4, 0.5) is 0 Å². The van der Waals surface area contributed by atoms with Crippen molar-refractivity contribution in [1.82, 2.24) is 4.57 Å². The Morgan fingerprint density at radius 2 is 1.88 bits per heavy atom. The normalized spacial score (nSPS) is 13.3. The number of aromatic nitrogens is 1. The van der Waals surface area contributed by atoms with E-state index in [2.05, 4.69) is 11.1 Å². The Balaban J connectivity index is 1.60. The highest BCUT2D eigenvalue weighted by Crippen LogP contribution is 2.24. The van der Waals surface area contributed by atoms with E-state index in [0.29, 0.717) is 6.54 Å². The van der Waals surface area contributed by atoms with Crippen molar-refractivity contribution in [2.24, 2.45) is 9.98 Å². The third kappa shape index (κ3) is 4.00. The van der Waals surface area contributed by atoms with Crippen molar-refractivity contribution in [3.8, 4) is 17.3 Å². The first-order valence-corrected chi connectivity index (χ1v) is 11.0. The first-order chi connectivity index (χ1) is 15.7. The third-order valence-corrected chi connectivity index (χ3v) is 6.23. The smallest absolute Gasteiger partial charge is 0.215 e. The molecule has 1 aliphatic heterocycles. The van der Waals surface area contributed by atoms with Gasteiger partial charge in [0.15, 0.2) is 4.80 Å². The van der Waals surface area contributed by atoms with Crippen LogP contribution in [-0.4, -0.2) is 16.8 Å². The van der Waals surface area contributed by atoms with E-state index in [1.807, 2.05) is 78.9 Å². The molecule has 0 saturated carbocycles. The summed E-state index contributed by atoms with van der Waals surface area (Å²) in [7, 11) is 1.65. The Kier molecular flexibility index (Phi) is 5.44. The summed E-state index contributed by atoms with van der Waals surface area (Å²) in [5.41, 5.74) is 3.01. The van der Waals surface area contributed by atoms with Crippen LogP contribution in [0.15, 0.2) is 89.0 Å². The lowest BCUT2D eigenvalue weighted by molar-refractivity contribution is 0.414. The van der Waals surface area contributed by atoms with Gasteiger partial charge in [0.25, 0.3) is 0 Å². The van der Waals surface area contributed by atoms with Crippen molar-refractivity contribution in [1.29, 1.82) is 0 Å². The SMILES string of the molecule is COc1ccc(CN=c2sc(/C=c3\ccc4c(c3)C=CN=4)c(O)n2-c2ccccc2)cc1. The van der Waals surface area contributed by atoms with E-state index in [9.17, 15) is 5.11 Å². The number of methoxy groups -OCH3 is 1. The van der Waals surface area contributed by atoms with Gasteiger partial charge in [-0.3, -0.25) is 14.6 Å².